The van der Waals surface area contributed by atoms with Gasteiger partial charge in [0.15, 0.2) is 5.78 Å². The fourth-order valence-electron chi connectivity index (χ4n) is 4.14. The van der Waals surface area contributed by atoms with E-state index in [1.807, 2.05) is 48.5 Å². The Morgan fingerprint density at radius 2 is 1.38 bits per heavy atom. The first-order chi connectivity index (χ1) is 15.5. The van der Waals surface area contributed by atoms with E-state index in [1.54, 1.807) is 36.4 Å². The molecule has 32 heavy (non-hydrogen) atoms. The van der Waals surface area contributed by atoms with Crippen LogP contribution in [0.15, 0.2) is 84.9 Å². The third kappa shape index (κ3) is 5.69. The van der Waals surface area contributed by atoms with Gasteiger partial charge in [0.2, 0.25) is 5.91 Å². The van der Waals surface area contributed by atoms with Crippen LogP contribution in [0.25, 0.3) is 0 Å². The molecule has 0 aliphatic carbocycles. The molecule has 0 unspecified atom stereocenters. The van der Waals surface area contributed by atoms with Gasteiger partial charge >= 0.3 is 0 Å². The molecule has 5 nitrogen and oxygen atoms in total. The zero-order valence-corrected chi connectivity index (χ0v) is 18.0. The van der Waals surface area contributed by atoms with E-state index >= 15 is 0 Å². The molecule has 0 aromatic heterocycles. The summed E-state index contributed by atoms with van der Waals surface area (Å²) in [4.78, 5) is 27.1. The predicted octanol–water partition coefficient (Wildman–Crippen LogP) is 3.93. The fraction of sp³-hybridized carbons (Fsp3) is 0.259. The number of anilines is 1. The Hall–Kier alpha value is -3.28. The lowest BCUT2D eigenvalue weighted by Crippen LogP contribution is -2.47. The lowest BCUT2D eigenvalue weighted by molar-refractivity contribution is -0.118. The molecule has 3 aromatic rings. The summed E-state index contributed by atoms with van der Waals surface area (Å²) in [5.41, 5.74) is 2.31. The molecule has 0 radical (unpaired) electrons. The summed E-state index contributed by atoms with van der Waals surface area (Å²) in [5.74, 6) is -0.139. The fourth-order valence-corrected chi connectivity index (χ4v) is 4.14. The number of carbonyl (C=O) groups is 2. The third-order valence-electron chi connectivity index (χ3n) is 6.00. The lowest BCUT2D eigenvalue weighted by Gasteiger charge is -2.38. The number of carbonyl (C=O) groups excluding carboxylic acids is 2. The van der Waals surface area contributed by atoms with Crippen molar-refractivity contribution in [3.8, 4) is 0 Å². The van der Waals surface area contributed by atoms with Gasteiger partial charge in [-0.3, -0.25) is 14.5 Å². The molecule has 5 heteroatoms. The first kappa shape index (κ1) is 21.9. The number of benzene rings is 3. The number of hydrogen-bond acceptors (Lipinski definition) is 4. The van der Waals surface area contributed by atoms with Crippen LogP contribution in [-0.4, -0.2) is 46.9 Å². The summed E-state index contributed by atoms with van der Waals surface area (Å²) < 4.78 is 0. The molecule has 1 aliphatic heterocycles. The summed E-state index contributed by atoms with van der Waals surface area (Å²) in [6, 6.07) is 26.1. The van der Waals surface area contributed by atoms with Gasteiger partial charge in [-0.25, -0.2) is 0 Å². The van der Waals surface area contributed by atoms with Gasteiger partial charge in [-0.05, 0) is 42.7 Å². The number of aliphatic hydroxyl groups is 1. The molecule has 1 amide bonds. The highest BCUT2D eigenvalue weighted by atomic mass is 16.3. The van der Waals surface area contributed by atoms with Crippen LogP contribution in [0, 0.1) is 0 Å². The smallest absolute Gasteiger partial charge is 0.238 e. The second-order valence-corrected chi connectivity index (χ2v) is 8.48. The molecule has 1 saturated heterocycles. The molecule has 0 saturated carbocycles. The molecular formula is C27H28N2O3. The first-order valence-corrected chi connectivity index (χ1v) is 11.0. The number of nitrogens with one attached hydrogen (secondary N) is 1. The summed E-state index contributed by atoms with van der Waals surface area (Å²) in [7, 11) is 0. The Labute approximate surface area is 188 Å². The summed E-state index contributed by atoms with van der Waals surface area (Å²) in [6.45, 7) is 1.65. The van der Waals surface area contributed by atoms with Crippen molar-refractivity contribution in [2.45, 2.75) is 24.9 Å². The number of rotatable bonds is 7. The Balaban J connectivity index is 1.26. The van der Waals surface area contributed by atoms with Gasteiger partial charge in [0.25, 0.3) is 0 Å². The van der Waals surface area contributed by atoms with Crippen molar-refractivity contribution in [2.24, 2.45) is 0 Å². The summed E-state index contributed by atoms with van der Waals surface area (Å²) in [6.07, 6.45) is 1.93. The van der Waals surface area contributed by atoms with E-state index in [4.69, 9.17) is 0 Å². The zero-order chi connectivity index (χ0) is 22.4. The maximum Gasteiger partial charge on any atom is 0.238 e. The minimum atomic E-state index is -0.713. The van der Waals surface area contributed by atoms with Crippen LogP contribution in [0.3, 0.4) is 0 Å². The normalized spacial score (nSPS) is 15.8. The van der Waals surface area contributed by atoms with Crippen LogP contribution in [0.2, 0.25) is 0 Å². The van der Waals surface area contributed by atoms with E-state index in [-0.39, 0.29) is 18.2 Å². The second-order valence-electron chi connectivity index (χ2n) is 8.48. The Morgan fingerprint density at radius 1 is 0.812 bits per heavy atom. The Kier molecular flexibility index (Phi) is 6.78. The van der Waals surface area contributed by atoms with E-state index in [0.29, 0.717) is 49.2 Å². The second kappa shape index (κ2) is 9.90. The average Bonchev–Trinajstić information content (AvgIpc) is 2.82. The Bertz CT molecular complexity index is 1040. The van der Waals surface area contributed by atoms with Crippen LogP contribution in [0.1, 0.15) is 34.3 Å². The van der Waals surface area contributed by atoms with Gasteiger partial charge in [-0.2, -0.15) is 0 Å². The van der Waals surface area contributed by atoms with Crippen molar-refractivity contribution in [3.63, 3.8) is 0 Å². The van der Waals surface area contributed by atoms with Gasteiger partial charge in [0, 0.05) is 36.3 Å². The molecule has 4 rings (SSSR count). The highest BCUT2D eigenvalue weighted by Gasteiger charge is 2.32. The van der Waals surface area contributed by atoms with Gasteiger partial charge in [0.1, 0.15) is 0 Å². The van der Waals surface area contributed by atoms with Crippen molar-refractivity contribution in [2.75, 3.05) is 25.0 Å². The Morgan fingerprint density at radius 3 is 2.00 bits per heavy atom. The van der Waals surface area contributed by atoms with Crippen molar-refractivity contribution < 1.29 is 14.7 Å². The molecule has 1 heterocycles. The maximum absolute atomic E-state index is 12.5. The molecule has 2 N–H and O–H groups in total. The van der Waals surface area contributed by atoms with E-state index in [2.05, 4.69) is 10.2 Å². The average molecular weight is 429 g/mol. The van der Waals surface area contributed by atoms with Crippen molar-refractivity contribution >= 4 is 17.4 Å². The summed E-state index contributed by atoms with van der Waals surface area (Å²) in [5, 5.41) is 13.8. The number of hydrogen-bond donors (Lipinski definition) is 2. The summed E-state index contributed by atoms with van der Waals surface area (Å²) >= 11 is 0. The van der Waals surface area contributed by atoms with Crippen LogP contribution in [0.5, 0.6) is 0 Å². The van der Waals surface area contributed by atoms with Gasteiger partial charge in [0.05, 0.1) is 12.1 Å². The largest absolute Gasteiger partial charge is 0.389 e. The molecule has 164 valence electrons. The monoisotopic (exact) mass is 428 g/mol. The van der Waals surface area contributed by atoms with Gasteiger partial charge in [-0.15, -0.1) is 0 Å². The maximum atomic E-state index is 12.5. The van der Waals surface area contributed by atoms with Crippen molar-refractivity contribution in [1.29, 1.82) is 0 Å². The molecule has 1 fully saturated rings. The van der Waals surface area contributed by atoms with E-state index in [0.717, 1.165) is 5.56 Å². The standard InChI is InChI=1S/C27H28N2O3/c30-25(20-29-17-15-27(32,16-18-29)19-21-7-3-1-4-8-21)28-24-13-11-23(12-14-24)26(31)22-9-5-2-6-10-22/h1-14,32H,15-20H2,(H,28,30). The SMILES string of the molecule is O=C(CN1CCC(O)(Cc2ccccc2)CC1)Nc1ccc(C(=O)c2ccccc2)cc1. The number of likely N-dealkylation sites (tertiary alicyclic amines) is 1. The molecule has 1 aliphatic rings. The van der Waals surface area contributed by atoms with Crippen LogP contribution in [0.4, 0.5) is 5.69 Å². The minimum Gasteiger partial charge on any atom is -0.389 e. The van der Waals surface area contributed by atoms with Crippen LogP contribution < -0.4 is 5.32 Å². The quantitative estimate of drug-likeness (QED) is 0.560. The minimum absolute atomic E-state index is 0.0419. The highest BCUT2D eigenvalue weighted by molar-refractivity contribution is 6.09. The topological polar surface area (TPSA) is 69.6 Å². The molecule has 0 atom stereocenters. The van der Waals surface area contributed by atoms with Crippen molar-refractivity contribution in [3.05, 3.63) is 102 Å². The van der Waals surface area contributed by atoms with Crippen molar-refractivity contribution in [1.82, 2.24) is 4.90 Å². The van der Waals surface area contributed by atoms with Crippen LogP contribution >= 0.6 is 0 Å². The first-order valence-electron chi connectivity index (χ1n) is 11.0. The van der Waals surface area contributed by atoms with E-state index < -0.39 is 5.60 Å². The predicted molar refractivity (Wildman–Crippen MR) is 126 cm³/mol. The molecule has 0 bridgehead atoms. The lowest BCUT2D eigenvalue weighted by atomic mass is 9.85. The number of nitrogens with zero attached hydrogens (tertiary/aromatic N) is 1. The van der Waals surface area contributed by atoms with E-state index in [1.165, 1.54) is 0 Å². The number of piperidine rings is 1. The molecular weight excluding hydrogens is 400 g/mol. The number of ketones is 1. The van der Waals surface area contributed by atoms with Gasteiger partial charge in [-0.1, -0.05) is 60.7 Å². The molecule has 3 aromatic carbocycles. The number of amides is 1. The zero-order valence-electron chi connectivity index (χ0n) is 18.0. The highest BCUT2D eigenvalue weighted by Crippen LogP contribution is 2.26. The third-order valence-corrected chi connectivity index (χ3v) is 6.00. The van der Waals surface area contributed by atoms with E-state index in [9.17, 15) is 14.7 Å². The molecule has 0 spiro atoms. The van der Waals surface area contributed by atoms with Gasteiger partial charge < -0.3 is 10.4 Å². The van der Waals surface area contributed by atoms with Crippen LogP contribution in [-0.2, 0) is 11.2 Å².